The molecule has 0 N–H and O–H groups in total. The maximum absolute atomic E-state index is 13.7. The molecular formula is C28H27N3O2S. The molecule has 5 rings (SSSR count). The molecule has 0 spiro atoms. The maximum Gasteiger partial charge on any atom is 0.245 e. The first-order valence-corrected chi connectivity index (χ1v) is 12.9. The van der Waals surface area contributed by atoms with E-state index in [4.69, 9.17) is 0 Å². The molecule has 0 saturated carbocycles. The lowest BCUT2D eigenvalue weighted by atomic mass is 10.0. The summed E-state index contributed by atoms with van der Waals surface area (Å²) in [6, 6.07) is 31.2. The molecule has 0 atom stereocenters. The van der Waals surface area contributed by atoms with Gasteiger partial charge in [-0.05, 0) is 47.7 Å². The zero-order chi connectivity index (χ0) is 23.4. The summed E-state index contributed by atoms with van der Waals surface area (Å²) in [7, 11) is -3.75. The van der Waals surface area contributed by atoms with Gasteiger partial charge in [-0.3, -0.25) is 0 Å². The zero-order valence-electron chi connectivity index (χ0n) is 18.9. The van der Waals surface area contributed by atoms with E-state index >= 15 is 0 Å². The first-order chi connectivity index (χ1) is 16.6. The topological polar surface area (TPSA) is 53.5 Å². The molecule has 1 aromatic heterocycles. The minimum absolute atomic E-state index is 0.202. The Morgan fingerprint density at radius 3 is 2.00 bits per heavy atom. The van der Waals surface area contributed by atoms with E-state index in [0.717, 1.165) is 42.0 Å². The molecule has 1 aliphatic rings. The van der Waals surface area contributed by atoms with Crippen molar-refractivity contribution in [3.8, 4) is 0 Å². The molecule has 0 bridgehead atoms. The van der Waals surface area contributed by atoms with Gasteiger partial charge < -0.3 is 4.90 Å². The van der Waals surface area contributed by atoms with Crippen LogP contribution in [0, 0.1) is 0 Å². The number of aryl methyl sites for hydroxylation is 1. The third-order valence-corrected chi connectivity index (χ3v) is 7.92. The summed E-state index contributed by atoms with van der Waals surface area (Å²) in [5.74, 6) is 0.767. The number of pyridine rings is 1. The van der Waals surface area contributed by atoms with Gasteiger partial charge in [-0.2, -0.15) is 4.31 Å². The number of fused-ring (bicyclic) bond motifs is 1. The number of anilines is 2. The predicted octanol–water partition coefficient (Wildman–Crippen LogP) is 5.56. The van der Waals surface area contributed by atoms with E-state index in [1.165, 1.54) is 16.1 Å². The van der Waals surface area contributed by atoms with E-state index in [-0.39, 0.29) is 4.90 Å². The lowest BCUT2D eigenvalue weighted by molar-refractivity contribution is 0.401. The molecule has 4 aromatic rings. The Morgan fingerprint density at radius 1 is 0.765 bits per heavy atom. The van der Waals surface area contributed by atoms with Crippen molar-refractivity contribution < 1.29 is 8.42 Å². The second-order valence-corrected chi connectivity index (χ2v) is 10.4. The molecule has 0 aliphatic carbocycles. The number of para-hydroxylation sites is 1. The Kier molecular flexibility index (Phi) is 6.43. The van der Waals surface area contributed by atoms with E-state index in [0.29, 0.717) is 13.1 Å². The fourth-order valence-electron chi connectivity index (χ4n) is 4.41. The van der Waals surface area contributed by atoms with Gasteiger partial charge in [0.05, 0.1) is 0 Å². The third kappa shape index (κ3) is 4.74. The van der Waals surface area contributed by atoms with Crippen LogP contribution in [-0.4, -0.2) is 24.3 Å². The highest BCUT2D eigenvalue weighted by atomic mass is 32.2. The van der Waals surface area contributed by atoms with Crippen molar-refractivity contribution in [3.05, 3.63) is 120 Å². The summed E-state index contributed by atoms with van der Waals surface area (Å²) in [5, 5.41) is 0. The first-order valence-electron chi connectivity index (χ1n) is 11.5. The van der Waals surface area contributed by atoms with E-state index < -0.39 is 10.0 Å². The van der Waals surface area contributed by atoms with Crippen LogP contribution >= 0.6 is 0 Å². The standard InChI is InChI=1S/C28H27N3O2S/c32-34(33,30(21-23-10-3-1-4-11-23)22-24-12-5-2-6-13-24)26-17-18-28(29-20-26)31-19-9-15-25-14-7-8-16-27(25)31/h1-8,10-14,16-18,20H,9,15,19,21-22H2. The number of sulfonamides is 1. The highest BCUT2D eigenvalue weighted by Crippen LogP contribution is 2.32. The van der Waals surface area contributed by atoms with Crippen LogP contribution in [-0.2, 0) is 29.5 Å². The Hall–Kier alpha value is -3.48. The minimum atomic E-state index is -3.75. The second kappa shape index (κ2) is 9.79. The number of nitrogens with zero attached hydrogens (tertiary/aromatic N) is 3. The van der Waals surface area contributed by atoms with E-state index in [9.17, 15) is 8.42 Å². The number of hydrogen-bond acceptors (Lipinski definition) is 4. The van der Waals surface area contributed by atoms with Crippen molar-refractivity contribution in [2.24, 2.45) is 0 Å². The summed E-state index contributed by atoms with van der Waals surface area (Å²) in [4.78, 5) is 6.95. The van der Waals surface area contributed by atoms with Crippen LogP contribution in [0.25, 0.3) is 0 Å². The van der Waals surface area contributed by atoms with Crippen molar-refractivity contribution in [1.29, 1.82) is 0 Å². The molecule has 0 amide bonds. The van der Waals surface area contributed by atoms with Crippen molar-refractivity contribution >= 4 is 21.5 Å². The Bertz CT molecular complexity index is 1300. The molecular weight excluding hydrogens is 442 g/mol. The fraction of sp³-hybridized carbons (Fsp3) is 0.179. The Morgan fingerprint density at radius 2 is 1.38 bits per heavy atom. The van der Waals surface area contributed by atoms with Crippen LogP contribution in [0.5, 0.6) is 0 Å². The summed E-state index contributed by atoms with van der Waals surface area (Å²) in [5.41, 5.74) is 4.32. The minimum Gasteiger partial charge on any atom is -0.326 e. The van der Waals surface area contributed by atoms with Crippen molar-refractivity contribution in [1.82, 2.24) is 9.29 Å². The molecule has 2 heterocycles. The monoisotopic (exact) mass is 469 g/mol. The number of benzene rings is 3. The first kappa shape index (κ1) is 22.3. The molecule has 0 radical (unpaired) electrons. The smallest absolute Gasteiger partial charge is 0.245 e. The summed E-state index contributed by atoms with van der Waals surface area (Å²) in [6.45, 7) is 1.45. The Labute approximate surface area is 201 Å². The number of rotatable bonds is 7. The second-order valence-electron chi connectivity index (χ2n) is 8.48. The lowest BCUT2D eigenvalue weighted by Crippen LogP contribution is -2.30. The lowest BCUT2D eigenvalue weighted by Gasteiger charge is -2.30. The zero-order valence-corrected chi connectivity index (χ0v) is 19.7. The summed E-state index contributed by atoms with van der Waals surface area (Å²) >= 11 is 0. The quantitative estimate of drug-likeness (QED) is 0.356. The van der Waals surface area contributed by atoms with Crippen LogP contribution in [0.4, 0.5) is 11.5 Å². The average Bonchev–Trinajstić information content (AvgIpc) is 2.89. The summed E-state index contributed by atoms with van der Waals surface area (Å²) in [6.07, 6.45) is 3.58. The van der Waals surface area contributed by atoms with Crippen LogP contribution < -0.4 is 4.90 Å². The van der Waals surface area contributed by atoms with Crippen LogP contribution in [0.15, 0.2) is 108 Å². The maximum atomic E-state index is 13.7. The summed E-state index contributed by atoms with van der Waals surface area (Å²) < 4.78 is 28.9. The van der Waals surface area contributed by atoms with Gasteiger partial charge in [0.2, 0.25) is 10.0 Å². The largest absolute Gasteiger partial charge is 0.326 e. The van der Waals surface area contributed by atoms with E-state index in [2.05, 4.69) is 28.1 Å². The fourth-order valence-corrected chi connectivity index (χ4v) is 5.77. The van der Waals surface area contributed by atoms with Crippen molar-refractivity contribution in [3.63, 3.8) is 0 Å². The molecule has 0 saturated heterocycles. The van der Waals surface area contributed by atoms with E-state index in [1.807, 2.05) is 72.8 Å². The number of hydrogen-bond donors (Lipinski definition) is 0. The predicted molar refractivity (Wildman–Crippen MR) is 135 cm³/mol. The van der Waals surface area contributed by atoms with Gasteiger partial charge in [0.1, 0.15) is 10.7 Å². The molecule has 1 aliphatic heterocycles. The van der Waals surface area contributed by atoms with Crippen molar-refractivity contribution in [2.45, 2.75) is 30.8 Å². The third-order valence-electron chi connectivity index (χ3n) is 6.15. The van der Waals surface area contributed by atoms with Crippen molar-refractivity contribution in [2.75, 3.05) is 11.4 Å². The van der Waals surface area contributed by atoms with Gasteiger partial charge in [-0.25, -0.2) is 13.4 Å². The average molecular weight is 470 g/mol. The molecule has 5 nitrogen and oxygen atoms in total. The van der Waals surface area contributed by atoms with Crippen LogP contribution in [0.3, 0.4) is 0 Å². The van der Waals surface area contributed by atoms with Crippen LogP contribution in [0.2, 0.25) is 0 Å². The normalized spacial score (nSPS) is 13.6. The number of aromatic nitrogens is 1. The van der Waals surface area contributed by atoms with Gasteiger partial charge in [0, 0.05) is 31.5 Å². The SMILES string of the molecule is O=S(=O)(c1ccc(N2CCCc3ccccc32)nc1)N(Cc1ccccc1)Cc1ccccc1. The van der Waals surface area contributed by atoms with E-state index in [1.54, 1.807) is 6.07 Å². The molecule has 3 aromatic carbocycles. The molecule has 34 heavy (non-hydrogen) atoms. The highest BCUT2D eigenvalue weighted by Gasteiger charge is 2.26. The van der Waals surface area contributed by atoms with Gasteiger partial charge >= 0.3 is 0 Å². The Balaban J connectivity index is 1.44. The van der Waals surface area contributed by atoms with Gasteiger partial charge in [0.15, 0.2) is 0 Å². The van der Waals surface area contributed by atoms with Gasteiger partial charge in [-0.1, -0.05) is 78.9 Å². The molecule has 0 unspecified atom stereocenters. The van der Waals surface area contributed by atoms with Crippen LogP contribution in [0.1, 0.15) is 23.1 Å². The van der Waals surface area contributed by atoms with Gasteiger partial charge in [0.25, 0.3) is 0 Å². The molecule has 0 fully saturated rings. The van der Waals surface area contributed by atoms with Gasteiger partial charge in [-0.15, -0.1) is 0 Å². The molecule has 6 heteroatoms. The highest BCUT2D eigenvalue weighted by molar-refractivity contribution is 7.89. The molecule has 172 valence electrons.